The zero-order chi connectivity index (χ0) is 17.2. The van der Waals surface area contributed by atoms with Gasteiger partial charge in [0.2, 0.25) is 0 Å². The molecule has 0 unspecified atom stereocenters. The normalized spacial score (nSPS) is 11.2. The maximum absolute atomic E-state index is 12.9. The Balaban J connectivity index is 1.71. The number of nitrogens with one attached hydrogen (secondary N) is 2. The summed E-state index contributed by atoms with van der Waals surface area (Å²) in [5, 5.41) is 3.05. The lowest BCUT2D eigenvalue weighted by atomic mass is 10.3. The van der Waals surface area contributed by atoms with Gasteiger partial charge in [-0.1, -0.05) is 0 Å². The molecule has 0 amide bonds. The lowest BCUT2D eigenvalue weighted by molar-refractivity contribution is 0.603. The van der Waals surface area contributed by atoms with Crippen LogP contribution in [-0.2, 0) is 10.0 Å². The van der Waals surface area contributed by atoms with Crippen LogP contribution >= 0.6 is 11.3 Å². The number of sulfonamides is 1. The first kappa shape index (κ1) is 16.4. The summed E-state index contributed by atoms with van der Waals surface area (Å²) in [6, 6.07) is 12.5. The van der Waals surface area contributed by atoms with Gasteiger partial charge in [0.15, 0.2) is 0 Å². The van der Waals surface area contributed by atoms with Crippen molar-refractivity contribution in [1.29, 1.82) is 0 Å². The van der Waals surface area contributed by atoms with E-state index in [2.05, 4.69) is 15.0 Å². The lowest BCUT2D eigenvalue weighted by Gasteiger charge is -2.08. The summed E-state index contributed by atoms with van der Waals surface area (Å²) in [6.07, 6.45) is 1.50. The third-order valence-corrected chi connectivity index (χ3v) is 5.96. The Bertz CT molecular complexity index is 936. The van der Waals surface area contributed by atoms with Crippen LogP contribution in [0.4, 0.5) is 21.6 Å². The molecule has 8 heteroatoms. The maximum Gasteiger partial charge on any atom is 0.272 e. The zero-order valence-corrected chi connectivity index (χ0v) is 14.3. The van der Waals surface area contributed by atoms with Crippen molar-refractivity contribution in [2.45, 2.75) is 11.1 Å². The summed E-state index contributed by atoms with van der Waals surface area (Å²) in [7, 11) is -3.63. The second kappa shape index (κ2) is 6.58. The summed E-state index contributed by atoms with van der Waals surface area (Å²) in [5.74, 6) is -0.0852. The molecule has 0 aliphatic rings. The molecule has 0 aliphatic heterocycles. The van der Waals surface area contributed by atoms with Crippen LogP contribution in [0, 0.1) is 12.7 Å². The monoisotopic (exact) mass is 363 g/mol. The van der Waals surface area contributed by atoms with Crippen molar-refractivity contribution in [2.75, 3.05) is 10.0 Å². The van der Waals surface area contributed by atoms with Crippen LogP contribution in [0.1, 0.15) is 4.88 Å². The molecule has 2 heterocycles. The molecule has 0 atom stereocenters. The van der Waals surface area contributed by atoms with E-state index in [1.807, 2.05) is 6.92 Å². The minimum Gasteiger partial charge on any atom is -0.354 e. The number of pyridine rings is 1. The number of hydrogen-bond donors (Lipinski definition) is 2. The van der Waals surface area contributed by atoms with Gasteiger partial charge < -0.3 is 5.32 Å². The van der Waals surface area contributed by atoms with E-state index >= 15 is 0 Å². The predicted octanol–water partition coefficient (Wildman–Crippen LogP) is 4.14. The van der Waals surface area contributed by atoms with Crippen LogP contribution in [0.5, 0.6) is 0 Å². The molecule has 0 saturated carbocycles. The van der Waals surface area contributed by atoms with Crippen LogP contribution in [0.25, 0.3) is 0 Å². The van der Waals surface area contributed by atoms with E-state index in [9.17, 15) is 12.8 Å². The molecule has 124 valence electrons. The number of benzene rings is 1. The Hall–Kier alpha value is -2.45. The van der Waals surface area contributed by atoms with Gasteiger partial charge in [0, 0.05) is 10.6 Å². The quantitative estimate of drug-likeness (QED) is 0.715. The standard InChI is InChI=1S/C16H14FN3O2S2/c1-11-2-9-16(23-11)24(21,22)20-15-8-7-14(10-18-15)19-13-5-3-12(17)4-6-13/h2-10,19H,1H3,(H,18,20). The van der Waals surface area contributed by atoms with Crippen molar-refractivity contribution < 1.29 is 12.8 Å². The Kier molecular flexibility index (Phi) is 4.50. The van der Waals surface area contributed by atoms with Crippen molar-refractivity contribution in [3.63, 3.8) is 0 Å². The number of hydrogen-bond acceptors (Lipinski definition) is 5. The molecule has 0 saturated heterocycles. The van der Waals surface area contributed by atoms with Gasteiger partial charge >= 0.3 is 0 Å². The summed E-state index contributed by atoms with van der Waals surface area (Å²) in [4.78, 5) is 5.01. The minimum atomic E-state index is -3.63. The van der Waals surface area contributed by atoms with E-state index in [0.29, 0.717) is 11.4 Å². The SMILES string of the molecule is Cc1ccc(S(=O)(=O)Nc2ccc(Nc3ccc(F)cc3)cn2)s1. The van der Waals surface area contributed by atoms with Gasteiger partial charge in [-0.2, -0.15) is 0 Å². The first-order valence-electron chi connectivity index (χ1n) is 7.00. The van der Waals surface area contributed by atoms with Crippen molar-refractivity contribution in [1.82, 2.24) is 4.98 Å². The maximum atomic E-state index is 12.9. The Labute approximate surface area is 143 Å². The topological polar surface area (TPSA) is 71.1 Å². The lowest BCUT2D eigenvalue weighted by Crippen LogP contribution is -2.12. The van der Waals surface area contributed by atoms with Gasteiger partial charge in [-0.3, -0.25) is 4.72 Å². The van der Waals surface area contributed by atoms with Crippen molar-refractivity contribution in [2.24, 2.45) is 0 Å². The third kappa shape index (κ3) is 3.90. The number of aryl methyl sites for hydroxylation is 1. The molecule has 2 aromatic heterocycles. The smallest absolute Gasteiger partial charge is 0.272 e. The number of thiophene rings is 1. The van der Waals surface area contributed by atoms with Crippen molar-refractivity contribution >= 4 is 38.6 Å². The summed E-state index contributed by atoms with van der Waals surface area (Å²) in [5.41, 5.74) is 1.37. The largest absolute Gasteiger partial charge is 0.354 e. The van der Waals surface area contributed by atoms with Gasteiger partial charge in [-0.25, -0.2) is 17.8 Å². The second-order valence-electron chi connectivity index (χ2n) is 5.03. The Morgan fingerprint density at radius 2 is 1.71 bits per heavy atom. The molecule has 3 rings (SSSR count). The van der Waals surface area contributed by atoms with E-state index in [1.165, 1.54) is 29.7 Å². The van der Waals surface area contributed by atoms with E-state index in [1.54, 1.807) is 36.4 Å². The van der Waals surface area contributed by atoms with Crippen LogP contribution in [0.3, 0.4) is 0 Å². The van der Waals surface area contributed by atoms with Crippen molar-refractivity contribution in [3.8, 4) is 0 Å². The van der Waals surface area contributed by atoms with Gasteiger partial charge in [-0.05, 0) is 55.5 Å². The summed E-state index contributed by atoms with van der Waals surface area (Å²) in [6.45, 7) is 1.85. The van der Waals surface area contributed by atoms with Gasteiger partial charge in [0.1, 0.15) is 15.8 Å². The zero-order valence-electron chi connectivity index (χ0n) is 12.7. The van der Waals surface area contributed by atoms with Crippen LogP contribution in [-0.4, -0.2) is 13.4 Å². The molecule has 0 bridgehead atoms. The molecule has 5 nitrogen and oxygen atoms in total. The fourth-order valence-electron chi connectivity index (χ4n) is 1.97. The molecule has 2 N–H and O–H groups in total. The van der Waals surface area contributed by atoms with Crippen LogP contribution in [0.2, 0.25) is 0 Å². The molecule has 0 spiro atoms. The number of nitrogens with zero attached hydrogens (tertiary/aromatic N) is 1. The highest BCUT2D eigenvalue weighted by Gasteiger charge is 2.16. The Morgan fingerprint density at radius 3 is 2.29 bits per heavy atom. The number of rotatable bonds is 5. The first-order chi connectivity index (χ1) is 11.4. The molecule has 0 aliphatic carbocycles. The van der Waals surface area contributed by atoms with Crippen LogP contribution < -0.4 is 10.0 Å². The average Bonchev–Trinajstić information content (AvgIpc) is 2.99. The number of anilines is 3. The highest BCUT2D eigenvalue weighted by atomic mass is 32.2. The summed E-state index contributed by atoms with van der Waals surface area (Å²) < 4.78 is 40.0. The van der Waals surface area contributed by atoms with E-state index < -0.39 is 10.0 Å². The molecular formula is C16H14FN3O2S2. The number of halogens is 1. The highest BCUT2D eigenvalue weighted by molar-refractivity contribution is 7.94. The average molecular weight is 363 g/mol. The molecule has 3 aromatic rings. The minimum absolute atomic E-state index is 0.228. The van der Waals surface area contributed by atoms with Gasteiger partial charge in [0.05, 0.1) is 11.9 Å². The Morgan fingerprint density at radius 1 is 1.00 bits per heavy atom. The molecule has 1 aromatic carbocycles. The predicted molar refractivity (Wildman–Crippen MR) is 93.8 cm³/mol. The highest BCUT2D eigenvalue weighted by Crippen LogP contribution is 2.23. The van der Waals surface area contributed by atoms with E-state index in [4.69, 9.17) is 0 Å². The first-order valence-corrected chi connectivity index (χ1v) is 9.30. The molecule has 0 fully saturated rings. The second-order valence-corrected chi connectivity index (χ2v) is 8.23. The number of aromatic nitrogens is 1. The van der Waals surface area contributed by atoms with E-state index in [0.717, 1.165) is 4.88 Å². The summed E-state index contributed by atoms with van der Waals surface area (Å²) >= 11 is 1.20. The molecule has 24 heavy (non-hydrogen) atoms. The van der Waals surface area contributed by atoms with Crippen LogP contribution in [0.15, 0.2) is 58.9 Å². The molecule has 0 radical (unpaired) electrons. The van der Waals surface area contributed by atoms with Gasteiger partial charge in [0.25, 0.3) is 10.0 Å². The van der Waals surface area contributed by atoms with Crippen molar-refractivity contribution in [3.05, 3.63) is 65.4 Å². The third-order valence-electron chi connectivity index (χ3n) is 3.12. The van der Waals surface area contributed by atoms with E-state index in [-0.39, 0.29) is 15.8 Å². The fraction of sp³-hybridized carbons (Fsp3) is 0.0625. The fourth-order valence-corrected chi connectivity index (χ4v) is 4.26. The molecular weight excluding hydrogens is 349 g/mol. The van der Waals surface area contributed by atoms with Gasteiger partial charge in [-0.15, -0.1) is 11.3 Å².